The molecule has 1 fully saturated rings. The van der Waals surface area contributed by atoms with E-state index in [2.05, 4.69) is 17.0 Å². The van der Waals surface area contributed by atoms with Crippen LogP contribution in [0.2, 0.25) is 0 Å². The van der Waals surface area contributed by atoms with Crippen molar-refractivity contribution in [2.24, 2.45) is 0 Å². The Hall–Kier alpha value is -2.41. The quantitative estimate of drug-likeness (QED) is 0.642. The van der Waals surface area contributed by atoms with Gasteiger partial charge in [0, 0.05) is 32.0 Å². The van der Waals surface area contributed by atoms with Gasteiger partial charge in [-0.2, -0.15) is 0 Å². The lowest BCUT2D eigenvalue weighted by Crippen LogP contribution is -2.37. The predicted molar refractivity (Wildman–Crippen MR) is 110 cm³/mol. The zero-order valence-corrected chi connectivity index (χ0v) is 16.5. The second kappa shape index (κ2) is 8.31. The van der Waals surface area contributed by atoms with Crippen molar-refractivity contribution >= 4 is 10.0 Å². The fraction of sp³-hybridized carbons (Fsp3) is 0.273. The molecule has 0 aliphatic carbocycles. The van der Waals surface area contributed by atoms with E-state index in [1.165, 1.54) is 9.54 Å². The largest absolute Gasteiger partial charge is 0.379 e. The smallest absolute Gasteiger partial charge is 0.267 e. The molecular formula is C22H24N2O3S. The van der Waals surface area contributed by atoms with Gasteiger partial charge in [0.05, 0.1) is 18.1 Å². The molecule has 0 bridgehead atoms. The van der Waals surface area contributed by atoms with Gasteiger partial charge in [0.25, 0.3) is 10.0 Å². The van der Waals surface area contributed by atoms with E-state index in [1.807, 2.05) is 18.2 Å². The molecule has 0 spiro atoms. The Labute approximate surface area is 166 Å². The summed E-state index contributed by atoms with van der Waals surface area (Å²) in [5.74, 6) is 0. The summed E-state index contributed by atoms with van der Waals surface area (Å²) in [7, 11) is -3.56. The van der Waals surface area contributed by atoms with Crippen molar-refractivity contribution in [2.75, 3.05) is 32.8 Å². The van der Waals surface area contributed by atoms with Gasteiger partial charge >= 0.3 is 0 Å². The monoisotopic (exact) mass is 396 g/mol. The summed E-state index contributed by atoms with van der Waals surface area (Å²) >= 11 is 0. The molecule has 6 heteroatoms. The number of aromatic nitrogens is 1. The Kier molecular flexibility index (Phi) is 5.62. The minimum Gasteiger partial charge on any atom is -0.379 e. The summed E-state index contributed by atoms with van der Waals surface area (Å²) in [4.78, 5) is 2.71. The van der Waals surface area contributed by atoms with Crippen LogP contribution in [0.4, 0.5) is 0 Å². The summed E-state index contributed by atoms with van der Waals surface area (Å²) < 4.78 is 32.2. The Morgan fingerprint density at radius 2 is 1.54 bits per heavy atom. The van der Waals surface area contributed by atoms with E-state index in [1.54, 1.807) is 42.7 Å². The minimum atomic E-state index is -3.56. The fourth-order valence-electron chi connectivity index (χ4n) is 3.46. The zero-order chi connectivity index (χ0) is 19.4. The van der Waals surface area contributed by atoms with Crippen molar-refractivity contribution in [1.82, 2.24) is 8.87 Å². The van der Waals surface area contributed by atoms with Crippen LogP contribution in [0.3, 0.4) is 0 Å². The Balaban J connectivity index is 1.54. The lowest BCUT2D eigenvalue weighted by molar-refractivity contribution is 0.0384. The van der Waals surface area contributed by atoms with Crippen LogP contribution >= 0.6 is 0 Å². The van der Waals surface area contributed by atoms with E-state index in [0.29, 0.717) is 4.90 Å². The van der Waals surface area contributed by atoms with Crippen molar-refractivity contribution in [3.63, 3.8) is 0 Å². The normalized spacial score (nSPS) is 15.6. The Bertz CT molecular complexity index is 1020. The second-order valence-corrected chi connectivity index (χ2v) is 8.79. The molecule has 1 aromatic heterocycles. The first-order chi connectivity index (χ1) is 13.6. The van der Waals surface area contributed by atoms with E-state index in [4.69, 9.17) is 4.74 Å². The van der Waals surface area contributed by atoms with Crippen LogP contribution in [0.15, 0.2) is 78.0 Å². The third kappa shape index (κ3) is 4.19. The average Bonchev–Trinajstić information content (AvgIpc) is 3.29. The zero-order valence-electron chi connectivity index (χ0n) is 15.7. The molecule has 2 heterocycles. The predicted octanol–water partition coefficient (Wildman–Crippen LogP) is 3.27. The van der Waals surface area contributed by atoms with E-state index >= 15 is 0 Å². The third-order valence-corrected chi connectivity index (χ3v) is 6.72. The first-order valence-electron chi connectivity index (χ1n) is 9.51. The van der Waals surface area contributed by atoms with Crippen LogP contribution in [0, 0.1) is 0 Å². The summed E-state index contributed by atoms with van der Waals surface area (Å²) in [6.45, 7) is 4.60. The Morgan fingerprint density at radius 3 is 2.29 bits per heavy atom. The number of benzene rings is 2. The molecule has 4 rings (SSSR count). The van der Waals surface area contributed by atoms with Crippen LogP contribution in [-0.2, 0) is 21.2 Å². The van der Waals surface area contributed by atoms with Gasteiger partial charge in [0.15, 0.2) is 0 Å². The highest BCUT2D eigenvalue weighted by Gasteiger charge is 2.16. The highest BCUT2D eigenvalue weighted by atomic mass is 32.2. The van der Waals surface area contributed by atoms with E-state index in [0.717, 1.165) is 50.4 Å². The number of morpholine rings is 1. The number of ether oxygens (including phenoxy) is 1. The Morgan fingerprint density at radius 1 is 0.857 bits per heavy atom. The standard InChI is InChI=1S/C22H24N2O3S/c25-28(26,24-10-1-2-11-24)22-8-4-7-21(18-22)20-6-3-5-19(17-20)9-12-23-13-15-27-16-14-23/h1-8,10-11,17-18H,9,12-16H2. The van der Waals surface area contributed by atoms with Gasteiger partial charge in [-0.05, 0) is 47.4 Å². The molecule has 1 aliphatic heterocycles. The van der Waals surface area contributed by atoms with Crippen LogP contribution < -0.4 is 0 Å². The number of hydrogen-bond donors (Lipinski definition) is 0. The molecule has 0 unspecified atom stereocenters. The molecular weight excluding hydrogens is 372 g/mol. The van der Waals surface area contributed by atoms with E-state index in [-0.39, 0.29) is 0 Å². The second-order valence-electron chi connectivity index (χ2n) is 6.95. The number of hydrogen-bond acceptors (Lipinski definition) is 4. The molecule has 0 atom stereocenters. The van der Waals surface area contributed by atoms with Crippen LogP contribution in [0.1, 0.15) is 5.56 Å². The van der Waals surface area contributed by atoms with Crippen LogP contribution in [-0.4, -0.2) is 50.1 Å². The molecule has 3 aromatic rings. The van der Waals surface area contributed by atoms with Crippen molar-refractivity contribution in [3.05, 3.63) is 78.6 Å². The highest BCUT2D eigenvalue weighted by molar-refractivity contribution is 7.90. The van der Waals surface area contributed by atoms with Crippen LogP contribution in [0.25, 0.3) is 11.1 Å². The van der Waals surface area contributed by atoms with Gasteiger partial charge in [-0.3, -0.25) is 4.90 Å². The van der Waals surface area contributed by atoms with Crippen molar-refractivity contribution in [1.29, 1.82) is 0 Å². The van der Waals surface area contributed by atoms with Crippen molar-refractivity contribution in [3.8, 4) is 11.1 Å². The summed E-state index contributed by atoms with van der Waals surface area (Å²) in [5.41, 5.74) is 3.19. The SMILES string of the molecule is O=S(=O)(c1cccc(-c2cccc(CCN3CCOCC3)c2)c1)n1cccc1. The van der Waals surface area contributed by atoms with Gasteiger partial charge in [-0.25, -0.2) is 12.4 Å². The van der Waals surface area contributed by atoms with Gasteiger partial charge in [0.1, 0.15) is 0 Å². The maximum Gasteiger partial charge on any atom is 0.267 e. The van der Waals surface area contributed by atoms with Gasteiger partial charge in [0.2, 0.25) is 0 Å². The molecule has 1 aliphatic rings. The van der Waals surface area contributed by atoms with Crippen molar-refractivity contribution < 1.29 is 13.2 Å². The first-order valence-corrected chi connectivity index (χ1v) is 10.9. The first kappa shape index (κ1) is 18.9. The van der Waals surface area contributed by atoms with Crippen LogP contribution in [0.5, 0.6) is 0 Å². The summed E-state index contributed by atoms with van der Waals surface area (Å²) in [5, 5.41) is 0. The molecule has 0 N–H and O–H groups in total. The number of rotatable bonds is 6. The molecule has 0 amide bonds. The van der Waals surface area contributed by atoms with Gasteiger partial charge < -0.3 is 4.74 Å². The third-order valence-electron chi connectivity index (χ3n) is 5.07. The molecule has 0 saturated carbocycles. The molecule has 0 radical (unpaired) electrons. The fourth-order valence-corrected chi connectivity index (χ4v) is 4.69. The highest BCUT2D eigenvalue weighted by Crippen LogP contribution is 2.25. The van der Waals surface area contributed by atoms with E-state index < -0.39 is 10.0 Å². The molecule has 2 aromatic carbocycles. The topological polar surface area (TPSA) is 51.5 Å². The minimum absolute atomic E-state index is 0.292. The molecule has 5 nitrogen and oxygen atoms in total. The average molecular weight is 397 g/mol. The van der Waals surface area contributed by atoms with E-state index in [9.17, 15) is 8.42 Å². The van der Waals surface area contributed by atoms with Gasteiger partial charge in [-0.15, -0.1) is 0 Å². The molecule has 146 valence electrons. The number of nitrogens with zero attached hydrogens (tertiary/aromatic N) is 2. The maximum absolute atomic E-state index is 12.8. The lowest BCUT2D eigenvalue weighted by Gasteiger charge is -2.26. The summed E-state index contributed by atoms with van der Waals surface area (Å²) in [6, 6.07) is 18.9. The maximum atomic E-state index is 12.8. The molecule has 28 heavy (non-hydrogen) atoms. The molecule has 1 saturated heterocycles. The lowest BCUT2D eigenvalue weighted by atomic mass is 10.0. The van der Waals surface area contributed by atoms with Gasteiger partial charge in [-0.1, -0.05) is 36.4 Å². The summed E-state index contributed by atoms with van der Waals surface area (Å²) in [6.07, 6.45) is 4.07. The van der Waals surface area contributed by atoms with Crippen molar-refractivity contribution in [2.45, 2.75) is 11.3 Å².